The Labute approximate surface area is 225 Å². The number of anilines is 1. The summed E-state index contributed by atoms with van der Waals surface area (Å²) in [6.45, 7) is 5.25. The molecule has 0 saturated carbocycles. The molecule has 0 bridgehead atoms. The van der Waals surface area contributed by atoms with Crippen LogP contribution in [-0.2, 0) is 26.2 Å². The molecular formula is C29H35N3O5S. The summed E-state index contributed by atoms with van der Waals surface area (Å²) in [5, 5.41) is 2.63. The Morgan fingerprint density at radius 3 is 2.16 bits per heavy atom. The fraction of sp³-hybridized carbons (Fsp3) is 0.310. The Morgan fingerprint density at radius 1 is 0.947 bits per heavy atom. The zero-order chi connectivity index (χ0) is 27.9. The molecule has 0 aliphatic carbocycles. The third-order valence-corrected chi connectivity index (χ3v) is 8.09. The Hall–Kier alpha value is -3.85. The maximum Gasteiger partial charge on any atom is 0.264 e. The number of ether oxygens (including phenoxy) is 1. The summed E-state index contributed by atoms with van der Waals surface area (Å²) in [5.41, 5.74) is 2.94. The first-order valence-electron chi connectivity index (χ1n) is 12.4. The van der Waals surface area contributed by atoms with Crippen molar-refractivity contribution in [2.24, 2.45) is 0 Å². The molecule has 0 radical (unpaired) electrons. The van der Waals surface area contributed by atoms with Gasteiger partial charge in [0.05, 0.1) is 17.7 Å². The van der Waals surface area contributed by atoms with Crippen molar-refractivity contribution in [1.29, 1.82) is 0 Å². The number of aryl methyl sites for hydroxylation is 2. The number of rotatable bonds is 11. The van der Waals surface area contributed by atoms with Crippen LogP contribution >= 0.6 is 0 Å². The highest BCUT2D eigenvalue weighted by atomic mass is 32.2. The number of nitrogens with one attached hydrogen (secondary N) is 1. The van der Waals surface area contributed by atoms with Crippen molar-refractivity contribution in [1.82, 2.24) is 10.2 Å². The van der Waals surface area contributed by atoms with Gasteiger partial charge in [0, 0.05) is 13.6 Å². The molecule has 0 spiro atoms. The van der Waals surface area contributed by atoms with Gasteiger partial charge in [-0.1, -0.05) is 61.0 Å². The van der Waals surface area contributed by atoms with Crippen LogP contribution in [0.5, 0.6) is 5.75 Å². The molecule has 38 heavy (non-hydrogen) atoms. The van der Waals surface area contributed by atoms with Crippen LogP contribution in [0.15, 0.2) is 77.7 Å². The molecule has 3 rings (SSSR count). The van der Waals surface area contributed by atoms with Gasteiger partial charge in [-0.25, -0.2) is 8.42 Å². The molecule has 0 aliphatic rings. The average Bonchev–Trinajstić information content (AvgIpc) is 2.92. The number of likely N-dealkylation sites (N-methyl/N-ethyl adjacent to an activating group) is 1. The molecule has 202 valence electrons. The van der Waals surface area contributed by atoms with Gasteiger partial charge in [0.1, 0.15) is 18.3 Å². The Kier molecular flexibility index (Phi) is 9.52. The fourth-order valence-corrected chi connectivity index (χ4v) is 5.64. The summed E-state index contributed by atoms with van der Waals surface area (Å²) >= 11 is 0. The van der Waals surface area contributed by atoms with Gasteiger partial charge < -0.3 is 15.0 Å². The number of amides is 2. The van der Waals surface area contributed by atoms with E-state index in [1.807, 2.05) is 45.0 Å². The maximum absolute atomic E-state index is 14.0. The van der Waals surface area contributed by atoms with E-state index in [-0.39, 0.29) is 23.0 Å². The van der Waals surface area contributed by atoms with E-state index in [0.29, 0.717) is 12.2 Å². The topological polar surface area (TPSA) is 96.0 Å². The van der Waals surface area contributed by atoms with E-state index in [2.05, 4.69) is 5.32 Å². The monoisotopic (exact) mass is 537 g/mol. The predicted molar refractivity (Wildman–Crippen MR) is 149 cm³/mol. The van der Waals surface area contributed by atoms with Crippen molar-refractivity contribution in [3.63, 3.8) is 0 Å². The van der Waals surface area contributed by atoms with E-state index >= 15 is 0 Å². The number of hydrogen-bond acceptors (Lipinski definition) is 5. The lowest BCUT2D eigenvalue weighted by Gasteiger charge is -2.33. The van der Waals surface area contributed by atoms with Gasteiger partial charge in [0.2, 0.25) is 11.8 Å². The fourth-order valence-electron chi connectivity index (χ4n) is 4.20. The lowest BCUT2D eigenvalue weighted by molar-refractivity contribution is -0.140. The summed E-state index contributed by atoms with van der Waals surface area (Å²) in [4.78, 5) is 28.3. The number of sulfonamides is 1. The first-order chi connectivity index (χ1) is 18.1. The number of carbonyl (C=O) groups is 2. The minimum absolute atomic E-state index is 0.0415. The van der Waals surface area contributed by atoms with Gasteiger partial charge in [-0.3, -0.25) is 13.9 Å². The Bertz CT molecular complexity index is 1360. The normalized spacial score (nSPS) is 11.9. The molecule has 8 nitrogen and oxygen atoms in total. The molecule has 0 fully saturated rings. The molecule has 0 saturated heterocycles. The summed E-state index contributed by atoms with van der Waals surface area (Å²) in [6, 6.07) is 20.0. The molecule has 1 atom stereocenters. The minimum Gasteiger partial charge on any atom is -0.495 e. The van der Waals surface area contributed by atoms with Crippen LogP contribution in [0.4, 0.5) is 5.69 Å². The number of methoxy groups -OCH3 is 1. The van der Waals surface area contributed by atoms with Crippen molar-refractivity contribution in [2.75, 3.05) is 25.0 Å². The van der Waals surface area contributed by atoms with Crippen LogP contribution in [-0.4, -0.2) is 51.9 Å². The highest BCUT2D eigenvalue weighted by molar-refractivity contribution is 7.92. The van der Waals surface area contributed by atoms with Crippen LogP contribution in [0.2, 0.25) is 0 Å². The first-order valence-corrected chi connectivity index (χ1v) is 13.8. The molecule has 0 heterocycles. The van der Waals surface area contributed by atoms with E-state index in [9.17, 15) is 18.0 Å². The zero-order valence-corrected chi connectivity index (χ0v) is 23.3. The molecule has 2 amide bonds. The van der Waals surface area contributed by atoms with Crippen molar-refractivity contribution in [3.8, 4) is 5.75 Å². The molecule has 1 unspecified atom stereocenters. The number of hydrogen-bond donors (Lipinski definition) is 1. The zero-order valence-electron chi connectivity index (χ0n) is 22.5. The van der Waals surface area contributed by atoms with Crippen LogP contribution in [0.25, 0.3) is 0 Å². The summed E-state index contributed by atoms with van der Waals surface area (Å²) < 4.78 is 34.4. The largest absolute Gasteiger partial charge is 0.495 e. The lowest BCUT2D eigenvalue weighted by Crippen LogP contribution is -2.51. The van der Waals surface area contributed by atoms with E-state index in [1.54, 1.807) is 36.4 Å². The van der Waals surface area contributed by atoms with Crippen LogP contribution < -0.4 is 14.4 Å². The highest BCUT2D eigenvalue weighted by Gasteiger charge is 2.34. The molecule has 3 aromatic rings. The third-order valence-electron chi connectivity index (χ3n) is 6.32. The van der Waals surface area contributed by atoms with Crippen LogP contribution in [0, 0.1) is 13.8 Å². The summed E-state index contributed by atoms with van der Waals surface area (Å²) in [6.07, 6.45) is 0.358. The number of benzene rings is 3. The van der Waals surface area contributed by atoms with Gasteiger partial charge in [0.15, 0.2) is 0 Å². The Balaban J connectivity index is 2.11. The van der Waals surface area contributed by atoms with Crippen LogP contribution in [0.1, 0.15) is 30.0 Å². The molecule has 0 aromatic heterocycles. The van der Waals surface area contributed by atoms with Gasteiger partial charge in [-0.15, -0.1) is 0 Å². The number of nitrogens with zero attached hydrogens (tertiary/aromatic N) is 2. The van der Waals surface area contributed by atoms with Crippen molar-refractivity contribution < 1.29 is 22.7 Å². The molecule has 3 aromatic carbocycles. The average molecular weight is 538 g/mol. The standard InChI is InChI=1S/C29H35N3O5S/c1-6-25(29(34)30-4)31(19-23-15-12-21(2)13-16-23)28(33)20-32(26-18-22(3)14-17-27(26)37-5)38(35,36)24-10-8-7-9-11-24/h7-18,25H,6,19-20H2,1-5H3,(H,30,34). The SMILES string of the molecule is CCC(C(=O)NC)N(Cc1ccc(C)cc1)C(=O)CN(c1cc(C)ccc1OC)S(=O)(=O)c1ccccc1. The summed E-state index contributed by atoms with van der Waals surface area (Å²) in [5.74, 6) is -0.519. The van der Waals surface area contributed by atoms with Crippen molar-refractivity contribution in [2.45, 2.75) is 44.7 Å². The van der Waals surface area contributed by atoms with Gasteiger partial charge >= 0.3 is 0 Å². The second kappa shape index (κ2) is 12.6. The highest BCUT2D eigenvalue weighted by Crippen LogP contribution is 2.33. The predicted octanol–water partition coefficient (Wildman–Crippen LogP) is 4.06. The maximum atomic E-state index is 14.0. The lowest BCUT2D eigenvalue weighted by atomic mass is 10.1. The number of carbonyl (C=O) groups excluding carboxylic acids is 2. The third kappa shape index (κ3) is 6.52. The van der Waals surface area contributed by atoms with Crippen molar-refractivity contribution >= 4 is 27.5 Å². The van der Waals surface area contributed by atoms with E-state index in [1.165, 1.54) is 31.2 Å². The molecule has 1 N–H and O–H groups in total. The van der Waals surface area contributed by atoms with E-state index < -0.39 is 28.5 Å². The minimum atomic E-state index is -4.16. The second-order valence-electron chi connectivity index (χ2n) is 9.05. The second-order valence-corrected chi connectivity index (χ2v) is 10.9. The first kappa shape index (κ1) is 28.7. The van der Waals surface area contributed by atoms with Gasteiger partial charge in [0.25, 0.3) is 10.0 Å². The van der Waals surface area contributed by atoms with E-state index in [0.717, 1.165) is 21.0 Å². The van der Waals surface area contributed by atoms with E-state index in [4.69, 9.17) is 4.74 Å². The molecule has 0 aliphatic heterocycles. The molecular weight excluding hydrogens is 502 g/mol. The van der Waals surface area contributed by atoms with Crippen molar-refractivity contribution in [3.05, 3.63) is 89.5 Å². The van der Waals surface area contributed by atoms with Gasteiger partial charge in [-0.05, 0) is 55.7 Å². The quantitative estimate of drug-likeness (QED) is 0.398. The molecule has 9 heteroatoms. The van der Waals surface area contributed by atoms with Crippen LogP contribution in [0.3, 0.4) is 0 Å². The Morgan fingerprint density at radius 2 is 1.58 bits per heavy atom. The van der Waals surface area contributed by atoms with Gasteiger partial charge in [-0.2, -0.15) is 0 Å². The smallest absolute Gasteiger partial charge is 0.264 e. The summed E-state index contributed by atoms with van der Waals surface area (Å²) in [7, 11) is -1.20.